The number of nitrogens with zero attached hydrogens (tertiary/aromatic N) is 3. The average molecular weight is 431 g/mol. The number of aryl methyl sites for hydroxylation is 1. The number of para-hydroxylation sites is 1. The molecular weight excluding hydrogens is 408 g/mol. The number of aromatic nitrogens is 3. The molecule has 1 saturated heterocycles. The maximum absolute atomic E-state index is 13.6. The second kappa shape index (κ2) is 8.05. The number of amides is 2. The van der Waals surface area contributed by atoms with Crippen LogP contribution in [0, 0.1) is 6.92 Å². The third kappa shape index (κ3) is 3.29. The summed E-state index contributed by atoms with van der Waals surface area (Å²) in [6.45, 7) is 2.53. The molecule has 0 spiro atoms. The fraction of sp³-hybridized carbons (Fsp3) is 0.250. The number of H-pyrrole nitrogens is 1. The van der Waals surface area contributed by atoms with Crippen LogP contribution in [-0.2, 0) is 14.3 Å². The van der Waals surface area contributed by atoms with Crippen LogP contribution in [0.5, 0.6) is 0 Å². The number of benzene rings is 1. The van der Waals surface area contributed by atoms with Gasteiger partial charge in [-0.05, 0) is 31.9 Å². The lowest BCUT2D eigenvalue weighted by Crippen LogP contribution is -2.42. The van der Waals surface area contributed by atoms with Crippen molar-refractivity contribution in [2.75, 3.05) is 13.2 Å². The van der Waals surface area contributed by atoms with E-state index in [0.29, 0.717) is 18.0 Å². The first-order valence-corrected chi connectivity index (χ1v) is 10.6. The highest BCUT2D eigenvalue weighted by molar-refractivity contribution is 6.44. The van der Waals surface area contributed by atoms with Crippen molar-refractivity contribution in [3.05, 3.63) is 82.5 Å². The predicted molar refractivity (Wildman–Crippen MR) is 117 cm³/mol. The molecule has 2 aliphatic rings. The molecule has 1 N–H and O–H groups in total. The van der Waals surface area contributed by atoms with Crippen LogP contribution in [0.4, 0.5) is 0 Å². The molecule has 1 atom stereocenters. The van der Waals surface area contributed by atoms with Gasteiger partial charge in [-0.15, -0.1) is 0 Å². The summed E-state index contributed by atoms with van der Waals surface area (Å²) in [7, 11) is 0. The Balaban J connectivity index is 1.67. The van der Waals surface area contributed by atoms with E-state index in [2.05, 4.69) is 5.10 Å². The smallest absolute Gasteiger partial charge is 0.327 e. The summed E-state index contributed by atoms with van der Waals surface area (Å²) < 4.78 is 8.65. The minimum atomic E-state index is -0.476. The topological polar surface area (TPSA) is 88.3 Å². The Hall–Kier alpha value is -3.78. The Bertz CT molecular complexity index is 1270. The fourth-order valence-corrected chi connectivity index (χ4v) is 4.33. The van der Waals surface area contributed by atoms with Crippen LogP contribution in [0.15, 0.2) is 65.7 Å². The Kier molecular flexibility index (Phi) is 5.07. The van der Waals surface area contributed by atoms with E-state index in [-0.39, 0.29) is 35.0 Å². The quantitative estimate of drug-likeness (QED) is 0.492. The molecule has 32 heavy (non-hydrogen) atoms. The summed E-state index contributed by atoms with van der Waals surface area (Å²) in [4.78, 5) is 41.6. The molecule has 4 heterocycles. The van der Waals surface area contributed by atoms with Gasteiger partial charge in [0, 0.05) is 24.4 Å². The molecule has 1 fully saturated rings. The van der Waals surface area contributed by atoms with Gasteiger partial charge in [-0.2, -0.15) is 4.57 Å². The molecule has 8 heteroatoms. The van der Waals surface area contributed by atoms with Crippen molar-refractivity contribution >= 4 is 23.1 Å². The van der Waals surface area contributed by atoms with E-state index in [1.165, 1.54) is 9.58 Å². The highest BCUT2D eigenvalue weighted by Crippen LogP contribution is 2.30. The van der Waals surface area contributed by atoms with E-state index in [4.69, 9.17) is 4.74 Å². The van der Waals surface area contributed by atoms with Gasteiger partial charge in [-0.1, -0.05) is 24.3 Å². The normalized spacial score (nSPS) is 18.8. The van der Waals surface area contributed by atoms with Crippen molar-refractivity contribution in [3.8, 4) is 5.69 Å². The summed E-state index contributed by atoms with van der Waals surface area (Å²) in [5, 5.41) is 3.06. The Morgan fingerprint density at radius 1 is 1.03 bits per heavy atom. The number of hydrogen-bond acceptors (Lipinski definition) is 4. The van der Waals surface area contributed by atoms with Crippen LogP contribution in [0.1, 0.15) is 24.1 Å². The van der Waals surface area contributed by atoms with Gasteiger partial charge in [0.05, 0.1) is 23.9 Å². The minimum absolute atomic E-state index is 0.109. The van der Waals surface area contributed by atoms with E-state index < -0.39 is 11.8 Å². The zero-order chi connectivity index (χ0) is 22.2. The van der Waals surface area contributed by atoms with Crippen molar-refractivity contribution in [3.63, 3.8) is 0 Å². The van der Waals surface area contributed by atoms with Crippen LogP contribution in [0.25, 0.3) is 17.0 Å². The van der Waals surface area contributed by atoms with E-state index in [1.54, 1.807) is 48.1 Å². The largest absolute Gasteiger partial charge is 0.376 e. The number of carbonyl (C=O) groups excluding carboxylic acids is 2. The van der Waals surface area contributed by atoms with Gasteiger partial charge in [0.1, 0.15) is 5.57 Å². The zero-order valence-electron chi connectivity index (χ0n) is 17.7. The summed E-state index contributed by atoms with van der Waals surface area (Å²) in [5.74, 6) is -0.903. The zero-order valence-corrected chi connectivity index (χ0v) is 17.7. The van der Waals surface area contributed by atoms with Gasteiger partial charge in [0.15, 0.2) is 12.4 Å². The Morgan fingerprint density at radius 3 is 2.44 bits per heavy atom. The third-order valence-corrected chi connectivity index (χ3v) is 5.86. The number of hydrogen-bond donors (Lipinski definition) is 1. The van der Waals surface area contributed by atoms with Crippen molar-refractivity contribution in [1.29, 1.82) is 0 Å². The number of rotatable bonds is 5. The molecule has 0 bridgehead atoms. The van der Waals surface area contributed by atoms with Crippen LogP contribution in [-0.4, -0.2) is 45.8 Å². The SMILES string of the molecule is Cc1[nH]n(-c2ccccc2)c(=O)c1C1=C([n+]2ccccc2)C(=O)N(CC2CCCO2)C1=O. The van der Waals surface area contributed by atoms with Gasteiger partial charge in [-0.25, -0.2) is 4.68 Å². The maximum atomic E-state index is 13.6. The second-order valence-electron chi connectivity index (χ2n) is 7.95. The van der Waals surface area contributed by atoms with Gasteiger partial charge < -0.3 is 4.74 Å². The number of imide groups is 1. The molecule has 0 radical (unpaired) electrons. The molecule has 162 valence electrons. The fourth-order valence-electron chi connectivity index (χ4n) is 4.33. The second-order valence-corrected chi connectivity index (χ2v) is 7.95. The predicted octanol–water partition coefficient (Wildman–Crippen LogP) is 1.68. The van der Waals surface area contributed by atoms with Crippen molar-refractivity contribution in [2.24, 2.45) is 0 Å². The van der Waals surface area contributed by atoms with Gasteiger partial charge in [-0.3, -0.25) is 24.4 Å². The summed E-state index contributed by atoms with van der Waals surface area (Å²) >= 11 is 0. The van der Waals surface area contributed by atoms with E-state index in [0.717, 1.165) is 12.8 Å². The molecule has 0 saturated carbocycles. The lowest BCUT2D eigenvalue weighted by atomic mass is 10.1. The molecular formula is C24H23N4O4+. The lowest BCUT2D eigenvalue weighted by Gasteiger charge is -2.18. The van der Waals surface area contributed by atoms with Gasteiger partial charge in [0.25, 0.3) is 17.2 Å². The van der Waals surface area contributed by atoms with Crippen LogP contribution < -0.4 is 10.1 Å². The molecule has 8 nitrogen and oxygen atoms in total. The van der Waals surface area contributed by atoms with Crippen molar-refractivity contribution < 1.29 is 18.9 Å². The summed E-state index contributed by atoms with van der Waals surface area (Å²) in [5.41, 5.74) is 1.27. The maximum Gasteiger partial charge on any atom is 0.327 e. The number of carbonyl (C=O) groups is 2. The molecule has 5 rings (SSSR count). The highest BCUT2D eigenvalue weighted by Gasteiger charge is 2.47. The van der Waals surface area contributed by atoms with E-state index in [9.17, 15) is 14.4 Å². The molecule has 2 aliphatic heterocycles. The Morgan fingerprint density at radius 2 is 1.75 bits per heavy atom. The molecule has 1 aromatic carbocycles. The first kappa shape index (κ1) is 20.1. The number of nitrogens with one attached hydrogen (secondary N) is 1. The van der Waals surface area contributed by atoms with E-state index >= 15 is 0 Å². The molecule has 2 aromatic heterocycles. The summed E-state index contributed by atoms with van der Waals surface area (Å²) in [6, 6.07) is 14.5. The Labute approximate surface area is 184 Å². The number of aromatic amines is 1. The summed E-state index contributed by atoms with van der Waals surface area (Å²) in [6.07, 6.45) is 4.92. The monoisotopic (exact) mass is 431 g/mol. The number of ether oxygens (including phenoxy) is 1. The van der Waals surface area contributed by atoms with Crippen LogP contribution >= 0.6 is 0 Å². The third-order valence-electron chi connectivity index (χ3n) is 5.86. The van der Waals surface area contributed by atoms with Crippen molar-refractivity contribution in [1.82, 2.24) is 14.7 Å². The standard InChI is InChI=1S/C24H22N4O4/c1-16-19(23(30)28(25-16)17-9-4-2-5-10-17)20-21(26-12-6-3-7-13-26)24(31)27(22(20)29)15-18-11-8-14-32-18/h2-7,9-10,12-13,18H,8,11,14-15H2,1H3/p+1. The van der Waals surface area contributed by atoms with Gasteiger partial charge in [0.2, 0.25) is 0 Å². The molecule has 3 aromatic rings. The first-order chi connectivity index (χ1) is 15.6. The number of pyridine rings is 1. The van der Waals surface area contributed by atoms with Crippen LogP contribution in [0.3, 0.4) is 0 Å². The van der Waals surface area contributed by atoms with Gasteiger partial charge >= 0.3 is 5.91 Å². The minimum Gasteiger partial charge on any atom is -0.376 e. The first-order valence-electron chi connectivity index (χ1n) is 10.6. The lowest BCUT2D eigenvalue weighted by molar-refractivity contribution is -0.576. The molecule has 2 amide bonds. The molecule has 1 unspecified atom stereocenters. The van der Waals surface area contributed by atoms with Crippen LogP contribution in [0.2, 0.25) is 0 Å². The van der Waals surface area contributed by atoms with Crippen molar-refractivity contribution in [2.45, 2.75) is 25.9 Å². The van der Waals surface area contributed by atoms with E-state index in [1.807, 2.05) is 24.3 Å². The molecule has 0 aliphatic carbocycles. The highest BCUT2D eigenvalue weighted by atomic mass is 16.5. The average Bonchev–Trinajstić information content (AvgIpc) is 3.49.